The predicted molar refractivity (Wildman–Crippen MR) is 95.0 cm³/mol. The number of nitrogens with one attached hydrogen (secondary N) is 3. The zero-order valence-electron chi connectivity index (χ0n) is 13.5. The van der Waals surface area contributed by atoms with Crippen LogP contribution in [0.2, 0.25) is 0 Å². The van der Waals surface area contributed by atoms with Crippen LogP contribution in [0.1, 0.15) is 5.56 Å². The van der Waals surface area contributed by atoms with E-state index in [0.29, 0.717) is 23.5 Å². The molecule has 0 aliphatic heterocycles. The number of hydrogen-bond donors (Lipinski definition) is 4. The number of anilines is 4. The molecule has 0 amide bonds. The Morgan fingerprint density at radius 2 is 1.92 bits per heavy atom. The minimum atomic E-state index is -0.0311. The first-order valence-corrected chi connectivity index (χ1v) is 7.82. The second-order valence-corrected chi connectivity index (χ2v) is 5.39. The van der Waals surface area contributed by atoms with Gasteiger partial charge in [-0.2, -0.15) is 10.1 Å². The van der Waals surface area contributed by atoms with E-state index in [1.807, 2.05) is 30.3 Å². The molecule has 0 radical (unpaired) electrons. The van der Waals surface area contributed by atoms with Crippen molar-refractivity contribution in [1.29, 1.82) is 0 Å². The number of aromatic nitrogens is 5. The SMILES string of the molecule is OCc1cccc(Nc2ncnc(Nc3cc(-c4ccco4)[nH]n3)n2)c1. The quantitative estimate of drug-likeness (QED) is 0.419. The van der Waals surface area contributed by atoms with Gasteiger partial charge in [0.15, 0.2) is 11.6 Å². The Balaban J connectivity index is 1.49. The number of aromatic amines is 1. The van der Waals surface area contributed by atoms with Gasteiger partial charge >= 0.3 is 0 Å². The van der Waals surface area contributed by atoms with Crippen LogP contribution >= 0.6 is 0 Å². The van der Waals surface area contributed by atoms with Crippen molar-refractivity contribution < 1.29 is 9.52 Å². The number of H-pyrrole nitrogens is 1. The van der Waals surface area contributed by atoms with E-state index in [0.717, 1.165) is 16.9 Å². The summed E-state index contributed by atoms with van der Waals surface area (Å²) in [5.41, 5.74) is 2.31. The highest BCUT2D eigenvalue weighted by molar-refractivity contribution is 5.61. The molecule has 4 N–H and O–H groups in total. The van der Waals surface area contributed by atoms with Gasteiger partial charge in [-0.15, -0.1) is 0 Å². The van der Waals surface area contributed by atoms with Gasteiger partial charge in [0.2, 0.25) is 11.9 Å². The highest BCUT2D eigenvalue weighted by Crippen LogP contribution is 2.21. The monoisotopic (exact) mass is 349 g/mol. The summed E-state index contributed by atoms with van der Waals surface area (Å²) in [4.78, 5) is 12.5. The second-order valence-electron chi connectivity index (χ2n) is 5.39. The average Bonchev–Trinajstić information content (AvgIpc) is 3.34. The van der Waals surface area contributed by atoms with E-state index in [-0.39, 0.29) is 6.61 Å². The summed E-state index contributed by atoms with van der Waals surface area (Å²) in [5.74, 6) is 1.96. The van der Waals surface area contributed by atoms with Crippen molar-refractivity contribution in [3.63, 3.8) is 0 Å². The van der Waals surface area contributed by atoms with Gasteiger partial charge in [0.1, 0.15) is 12.0 Å². The molecule has 0 atom stereocenters. The molecular formula is C17H15N7O2. The molecule has 0 aliphatic rings. The lowest BCUT2D eigenvalue weighted by atomic mass is 10.2. The van der Waals surface area contributed by atoms with E-state index in [1.54, 1.807) is 18.4 Å². The van der Waals surface area contributed by atoms with Crippen LogP contribution < -0.4 is 10.6 Å². The second kappa shape index (κ2) is 7.03. The van der Waals surface area contributed by atoms with Crippen molar-refractivity contribution in [2.24, 2.45) is 0 Å². The summed E-state index contributed by atoms with van der Waals surface area (Å²) in [6, 6.07) is 12.8. The summed E-state index contributed by atoms with van der Waals surface area (Å²) in [5, 5.41) is 22.3. The van der Waals surface area contributed by atoms with Crippen LogP contribution in [0.5, 0.6) is 0 Å². The fourth-order valence-corrected chi connectivity index (χ4v) is 2.35. The van der Waals surface area contributed by atoms with E-state index < -0.39 is 0 Å². The standard InChI is InChI=1S/C17H15N7O2/c25-9-11-3-1-4-12(7-11)20-16-18-10-19-17(22-16)21-15-8-13(23-24-15)14-5-2-6-26-14/h1-8,10,25H,9H2,(H3,18,19,20,21,22,23,24). The summed E-state index contributed by atoms with van der Waals surface area (Å²) in [7, 11) is 0. The minimum absolute atomic E-state index is 0.0311. The Morgan fingerprint density at radius 1 is 1.04 bits per heavy atom. The van der Waals surface area contributed by atoms with E-state index in [1.165, 1.54) is 6.33 Å². The molecule has 0 spiro atoms. The summed E-state index contributed by atoms with van der Waals surface area (Å²) < 4.78 is 5.32. The lowest BCUT2D eigenvalue weighted by Crippen LogP contribution is -2.03. The lowest BCUT2D eigenvalue weighted by Gasteiger charge is -2.07. The molecule has 0 aliphatic carbocycles. The molecular weight excluding hydrogens is 334 g/mol. The number of aliphatic hydroxyl groups is 1. The lowest BCUT2D eigenvalue weighted by molar-refractivity contribution is 0.282. The fourth-order valence-electron chi connectivity index (χ4n) is 2.35. The van der Waals surface area contributed by atoms with E-state index in [2.05, 4.69) is 35.8 Å². The molecule has 9 heteroatoms. The van der Waals surface area contributed by atoms with Crippen molar-refractivity contribution in [3.8, 4) is 11.5 Å². The highest BCUT2D eigenvalue weighted by Gasteiger charge is 2.08. The molecule has 3 heterocycles. The van der Waals surface area contributed by atoms with E-state index in [4.69, 9.17) is 4.42 Å². The van der Waals surface area contributed by atoms with Crippen molar-refractivity contribution in [1.82, 2.24) is 25.1 Å². The van der Waals surface area contributed by atoms with E-state index >= 15 is 0 Å². The van der Waals surface area contributed by atoms with Gasteiger partial charge in [0.25, 0.3) is 0 Å². The maximum atomic E-state index is 9.21. The first-order chi connectivity index (χ1) is 12.8. The van der Waals surface area contributed by atoms with Crippen LogP contribution in [-0.4, -0.2) is 30.3 Å². The number of rotatable bonds is 6. The molecule has 3 aromatic heterocycles. The van der Waals surface area contributed by atoms with Crippen LogP contribution in [0, 0.1) is 0 Å². The van der Waals surface area contributed by atoms with Gasteiger partial charge in [-0.3, -0.25) is 5.10 Å². The zero-order valence-corrected chi connectivity index (χ0v) is 13.5. The maximum absolute atomic E-state index is 9.21. The average molecular weight is 349 g/mol. The molecule has 26 heavy (non-hydrogen) atoms. The molecule has 0 saturated carbocycles. The van der Waals surface area contributed by atoms with Gasteiger partial charge in [0.05, 0.1) is 12.9 Å². The van der Waals surface area contributed by atoms with Crippen molar-refractivity contribution >= 4 is 23.4 Å². The minimum Gasteiger partial charge on any atom is -0.463 e. The van der Waals surface area contributed by atoms with Gasteiger partial charge in [-0.1, -0.05) is 12.1 Å². The molecule has 0 fully saturated rings. The predicted octanol–water partition coefficient (Wildman–Crippen LogP) is 2.83. The molecule has 9 nitrogen and oxygen atoms in total. The topological polar surface area (TPSA) is 125 Å². The van der Waals surface area contributed by atoms with Gasteiger partial charge in [-0.05, 0) is 29.8 Å². The summed E-state index contributed by atoms with van der Waals surface area (Å²) in [6.07, 6.45) is 2.99. The Morgan fingerprint density at radius 3 is 2.73 bits per heavy atom. The number of benzene rings is 1. The van der Waals surface area contributed by atoms with Crippen LogP contribution in [-0.2, 0) is 6.61 Å². The Kier molecular flexibility index (Phi) is 4.27. The van der Waals surface area contributed by atoms with Crippen LogP contribution in [0.3, 0.4) is 0 Å². The highest BCUT2D eigenvalue weighted by atomic mass is 16.3. The van der Waals surface area contributed by atoms with Gasteiger partial charge in [0, 0.05) is 11.8 Å². The number of nitrogens with zero attached hydrogens (tertiary/aromatic N) is 4. The molecule has 4 rings (SSSR count). The third-order valence-electron chi connectivity index (χ3n) is 3.54. The first-order valence-electron chi connectivity index (χ1n) is 7.82. The Hall–Kier alpha value is -3.72. The fraction of sp³-hybridized carbons (Fsp3) is 0.0588. The Labute approximate surface area is 148 Å². The smallest absolute Gasteiger partial charge is 0.233 e. The van der Waals surface area contributed by atoms with Crippen LogP contribution in [0.15, 0.2) is 59.5 Å². The molecule has 0 unspecified atom stereocenters. The third-order valence-corrected chi connectivity index (χ3v) is 3.54. The largest absolute Gasteiger partial charge is 0.463 e. The van der Waals surface area contributed by atoms with Crippen molar-refractivity contribution in [2.45, 2.75) is 6.61 Å². The maximum Gasteiger partial charge on any atom is 0.233 e. The first kappa shape index (κ1) is 15.8. The van der Waals surface area contributed by atoms with Gasteiger partial charge < -0.3 is 20.2 Å². The summed E-state index contributed by atoms with van der Waals surface area (Å²) >= 11 is 0. The van der Waals surface area contributed by atoms with Crippen LogP contribution in [0.4, 0.5) is 23.4 Å². The third kappa shape index (κ3) is 3.52. The van der Waals surface area contributed by atoms with Crippen LogP contribution in [0.25, 0.3) is 11.5 Å². The molecule has 4 aromatic rings. The number of aliphatic hydroxyl groups excluding tert-OH is 1. The molecule has 1 aromatic carbocycles. The van der Waals surface area contributed by atoms with Crippen molar-refractivity contribution in [3.05, 3.63) is 60.6 Å². The molecule has 130 valence electrons. The van der Waals surface area contributed by atoms with Gasteiger partial charge in [-0.25, -0.2) is 9.97 Å². The zero-order chi connectivity index (χ0) is 17.8. The van der Waals surface area contributed by atoms with E-state index in [9.17, 15) is 5.11 Å². The van der Waals surface area contributed by atoms with Crippen molar-refractivity contribution in [2.75, 3.05) is 10.6 Å². The normalized spacial score (nSPS) is 10.7. The number of furan rings is 1. The summed E-state index contributed by atoms with van der Waals surface area (Å²) in [6.45, 7) is -0.0311. The Bertz CT molecular complexity index is 998. The number of hydrogen-bond acceptors (Lipinski definition) is 8. The molecule has 0 saturated heterocycles. The molecule has 0 bridgehead atoms.